The predicted octanol–water partition coefficient (Wildman–Crippen LogP) is 2.82. The van der Waals surface area contributed by atoms with E-state index in [1.165, 1.54) is 0 Å². The maximum atomic E-state index is 12.8. The molecule has 0 aromatic heterocycles. The Bertz CT molecular complexity index is 767. The number of carbonyl (C=O) groups excluding carboxylic acids is 1. The second-order valence-corrected chi connectivity index (χ2v) is 6.35. The lowest BCUT2D eigenvalue weighted by Gasteiger charge is -2.17. The molecular weight excluding hydrogens is 334 g/mol. The Morgan fingerprint density at radius 2 is 1.73 bits per heavy atom. The van der Waals surface area contributed by atoms with Crippen LogP contribution in [0.25, 0.3) is 0 Å². The van der Waals surface area contributed by atoms with Gasteiger partial charge < -0.3 is 24.6 Å². The van der Waals surface area contributed by atoms with Crippen molar-refractivity contribution >= 4 is 11.6 Å². The molecule has 0 heterocycles. The van der Waals surface area contributed by atoms with E-state index in [-0.39, 0.29) is 18.4 Å². The Morgan fingerprint density at radius 3 is 2.23 bits per heavy atom. The first-order valence-corrected chi connectivity index (χ1v) is 8.37. The van der Waals surface area contributed by atoms with E-state index in [2.05, 4.69) is 5.32 Å². The Labute approximate surface area is 152 Å². The molecule has 2 atom stereocenters. The van der Waals surface area contributed by atoms with E-state index in [1.54, 1.807) is 21.3 Å². The minimum atomic E-state index is -0.847. The van der Waals surface area contributed by atoms with Crippen LogP contribution in [0.5, 0.6) is 17.2 Å². The van der Waals surface area contributed by atoms with Gasteiger partial charge in [-0.05, 0) is 36.2 Å². The van der Waals surface area contributed by atoms with Crippen LogP contribution in [0.4, 0.5) is 5.69 Å². The first kappa shape index (κ1) is 18.1. The van der Waals surface area contributed by atoms with Gasteiger partial charge in [-0.15, -0.1) is 0 Å². The van der Waals surface area contributed by atoms with Gasteiger partial charge in [0.15, 0.2) is 11.5 Å². The number of aliphatic hydroxyl groups is 1. The zero-order chi connectivity index (χ0) is 18.7. The molecule has 2 aromatic rings. The molecule has 3 rings (SSSR count). The van der Waals surface area contributed by atoms with Crippen LogP contribution in [0.15, 0.2) is 42.5 Å². The molecule has 1 amide bonds. The number of benzene rings is 2. The van der Waals surface area contributed by atoms with Crippen LogP contribution in [0.2, 0.25) is 0 Å². The van der Waals surface area contributed by atoms with Gasteiger partial charge in [0, 0.05) is 11.6 Å². The normalized spacial score (nSPS) is 21.0. The van der Waals surface area contributed by atoms with Gasteiger partial charge in [0.25, 0.3) is 0 Å². The molecule has 1 aliphatic carbocycles. The van der Waals surface area contributed by atoms with Gasteiger partial charge in [-0.2, -0.15) is 0 Å². The molecule has 0 aliphatic heterocycles. The van der Waals surface area contributed by atoms with Gasteiger partial charge in [-0.25, -0.2) is 0 Å². The van der Waals surface area contributed by atoms with Crippen LogP contribution >= 0.6 is 0 Å². The molecule has 0 radical (unpaired) electrons. The van der Waals surface area contributed by atoms with Gasteiger partial charge >= 0.3 is 0 Å². The zero-order valence-electron chi connectivity index (χ0n) is 15.1. The van der Waals surface area contributed by atoms with E-state index in [0.717, 1.165) is 5.56 Å². The van der Waals surface area contributed by atoms with Crippen LogP contribution in [0.3, 0.4) is 0 Å². The van der Waals surface area contributed by atoms with Crippen molar-refractivity contribution in [3.63, 3.8) is 0 Å². The van der Waals surface area contributed by atoms with Gasteiger partial charge in [-0.1, -0.05) is 18.2 Å². The first-order chi connectivity index (χ1) is 12.6. The number of hydrogen-bond acceptors (Lipinski definition) is 5. The Morgan fingerprint density at radius 1 is 1.12 bits per heavy atom. The van der Waals surface area contributed by atoms with E-state index in [1.807, 2.05) is 42.5 Å². The molecule has 0 saturated heterocycles. The topological polar surface area (TPSA) is 77.0 Å². The van der Waals surface area contributed by atoms with Crippen molar-refractivity contribution in [2.75, 3.05) is 33.3 Å². The van der Waals surface area contributed by atoms with Crippen LogP contribution in [-0.4, -0.2) is 38.9 Å². The summed E-state index contributed by atoms with van der Waals surface area (Å²) in [4.78, 5) is 12.8. The molecular formula is C20H23NO5. The first-order valence-electron chi connectivity index (χ1n) is 8.37. The van der Waals surface area contributed by atoms with Crippen LogP contribution in [0.1, 0.15) is 17.9 Å². The number of anilines is 1. The monoisotopic (exact) mass is 357 g/mol. The van der Waals surface area contributed by atoms with Gasteiger partial charge in [-0.3, -0.25) is 4.79 Å². The molecule has 26 heavy (non-hydrogen) atoms. The third-order valence-electron chi connectivity index (χ3n) is 4.93. The van der Waals surface area contributed by atoms with Crippen LogP contribution < -0.4 is 19.5 Å². The molecule has 0 unspecified atom stereocenters. The van der Waals surface area contributed by atoms with Crippen molar-refractivity contribution in [3.8, 4) is 17.2 Å². The standard InChI is InChI=1S/C20H23NO5/c1-24-16-9-13(10-17(25-2)18(16)26-3)15-11-20(15,12-22)19(23)21-14-7-5-4-6-8-14/h4-10,15,22H,11-12H2,1-3H3,(H,21,23)/t15-,20+/m0/s1. The summed E-state index contributed by atoms with van der Waals surface area (Å²) in [6, 6.07) is 12.9. The number of para-hydroxylation sites is 1. The minimum absolute atomic E-state index is 0.120. The maximum absolute atomic E-state index is 12.8. The highest BCUT2D eigenvalue weighted by molar-refractivity contribution is 5.98. The summed E-state index contributed by atoms with van der Waals surface area (Å²) < 4.78 is 16.1. The number of nitrogens with one attached hydrogen (secondary N) is 1. The van der Waals surface area contributed by atoms with Crippen molar-refractivity contribution in [2.45, 2.75) is 12.3 Å². The van der Waals surface area contributed by atoms with E-state index in [0.29, 0.717) is 29.4 Å². The number of amides is 1. The van der Waals surface area contributed by atoms with Gasteiger partial charge in [0.05, 0.1) is 33.4 Å². The maximum Gasteiger partial charge on any atom is 0.233 e. The Kier molecular flexibility index (Phi) is 5.04. The largest absolute Gasteiger partial charge is 0.493 e. The van der Waals surface area contributed by atoms with Gasteiger partial charge in [0.1, 0.15) is 0 Å². The predicted molar refractivity (Wildman–Crippen MR) is 98.0 cm³/mol. The number of ether oxygens (including phenoxy) is 3. The second-order valence-electron chi connectivity index (χ2n) is 6.35. The lowest BCUT2D eigenvalue weighted by molar-refractivity contribution is -0.122. The van der Waals surface area contributed by atoms with Crippen molar-refractivity contribution in [2.24, 2.45) is 5.41 Å². The lowest BCUT2D eigenvalue weighted by Crippen LogP contribution is -2.29. The fourth-order valence-electron chi connectivity index (χ4n) is 3.32. The van der Waals surface area contributed by atoms with Gasteiger partial charge in [0.2, 0.25) is 11.7 Å². The third kappa shape index (κ3) is 3.08. The number of hydrogen-bond donors (Lipinski definition) is 2. The van der Waals surface area contributed by atoms with E-state index in [4.69, 9.17) is 14.2 Å². The van der Waals surface area contributed by atoms with E-state index < -0.39 is 5.41 Å². The Hall–Kier alpha value is -2.73. The SMILES string of the molecule is COc1cc([C@@H]2C[C@]2(CO)C(=O)Nc2ccccc2)cc(OC)c1OC. The van der Waals surface area contributed by atoms with Crippen molar-refractivity contribution in [1.82, 2.24) is 0 Å². The number of rotatable bonds is 7. The molecule has 2 aromatic carbocycles. The summed E-state index contributed by atoms with van der Waals surface area (Å²) in [5.74, 6) is 1.26. The van der Waals surface area contributed by atoms with Crippen molar-refractivity contribution < 1.29 is 24.1 Å². The number of aliphatic hydroxyl groups excluding tert-OH is 1. The number of carbonyl (C=O) groups is 1. The third-order valence-corrected chi connectivity index (χ3v) is 4.93. The molecule has 138 valence electrons. The molecule has 1 fully saturated rings. The van der Waals surface area contributed by atoms with Crippen LogP contribution in [0, 0.1) is 5.41 Å². The molecule has 0 bridgehead atoms. The zero-order valence-corrected chi connectivity index (χ0v) is 15.1. The summed E-state index contributed by atoms with van der Waals surface area (Å²) >= 11 is 0. The molecule has 2 N–H and O–H groups in total. The second kappa shape index (κ2) is 7.25. The molecule has 6 nitrogen and oxygen atoms in total. The fraction of sp³-hybridized carbons (Fsp3) is 0.350. The smallest absolute Gasteiger partial charge is 0.233 e. The average Bonchev–Trinajstić information content (AvgIpc) is 3.43. The molecule has 6 heteroatoms. The molecule has 1 aliphatic rings. The van der Waals surface area contributed by atoms with Crippen LogP contribution in [-0.2, 0) is 4.79 Å². The quantitative estimate of drug-likeness (QED) is 0.797. The summed E-state index contributed by atoms with van der Waals surface area (Å²) in [7, 11) is 4.65. The summed E-state index contributed by atoms with van der Waals surface area (Å²) in [5.41, 5.74) is 0.734. The summed E-state index contributed by atoms with van der Waals surface area (Å²) in [6.07, 6.45) is 0.556. The highest BCUT2D eigenvalue weighted by Crippen LogP contribution is 2.61. The van der Waals surface area contributed by atoms with E-state index in [9.17, 15) is 9.90 Å². The Balaban J connectivity index is 1.88. The highest BCUT2D eigenvalue weighted by Gasteiger charge is 2.60. The molecule has 1 saturated carbocycles. The molecule has 0 spiro atoms. The number of methoxy groups -OCH3 is 3. The lowest BCUT2D eigenvalue weighted by atomic mass is 9.98. The van der Waals surface area contributed by atoms with E-state index >= 15 is 0 Å². The average molecular weight is 357 g/mol. The summed E-state index contributed by atoms with van der Waals surface area (Å²) in [5, 5.41) is 12.8. The van der Waals surface area contributed by atoms with Crippen molar-refractivity contribution in [3.05, 3.63) is 48.0 Å². The minimum Gasteiger partial charge on any atom is -0.493 e. The fourth-order valence-corrected chi connectivity index (χ4v) is 3.32. The highest BCUT2D eigenvalue weighted by atomic mass is 16.5. The van der Waals surface area contributed by atoms with Crippen molar-refractivity contribution in [1.29, 1.82) is 0 Å². The summed E-state index contributed by atoms with van der Waals surface area (Å²) in [6.45, 7) is -0.229.